The highest BCUT2D eigenvalue weighted by atomic mass is 19.4. The van der Waals surface area contributed by atoms with Crippen molar-refractivity contribution in [1.29, 1.82) is 0 Å². The van der Waals surface area contributed by atoms with Crippen LogP contribution < -0.4 is 14.8 Å². The van der Waals surface area contributed by atoms with Crippen LogP contribution in [0.25, 0.3) is 0 Å². The Hall–Kier alpha value is -3.04. The maximum atomic E-state index is 14.6. The lowest BCUT2D eigenvalue weighted by Crippen LogP contribution is -2.55. The smallest absolute Gasteiger partial charge is 0.491 e. The number of halogens is 4. The van der Waals surface area contributed by atoms with Gasteiger partial charge >= 0.3 is 12.4 Å². The topological polar surface area (TPSA) is 63.7 Å². The largest absolute Gasteiger partial charge is 0.573 e. The summed E-state index contributed by atoms with van der Waals surface area (Å²) in [6.07, 6.45) is -0.455. The van der Waals surface area contributed by atoms with Gasteiger partial charge in [-0.1, -0.05) is 6.07 Å². The molecule has 0 aliphatic carbocycles. The Bertz CT molecular complexity index is 963. The van der Waals surface area contributed by atoms with Gasteiger partial charge in [-0.3, -0.25) is 4.98 Å². The molecule has 4 rings (SSSR count). The van der Waals surface area contributed by atoms with Crippen molar-refractivity contribution in [3.63, 3.8) is 0 Å². The number of hydrogen-bond acceptors (Lipinski definition) is 4. The standard InChI is InChI=1S/C21H21F4N3O3/c22-15-13-14(6-7-16(15)31-21(23,24)25)20(27-19(29)28-10-2-1-3-11-28)8-12-30-17-5-4-9-26-18(17)20/h4-7,9,13H,1-3,8,10-12H2,(H,27,29)/t20-/m0/s1. The molecule has 31 heavy (non-hydrogen) atoms. The van der Waals surface area contributed by atoms with Gasteiger partial charge in [0.05, 0.1) is 6.61 Å². The molecular formula is C21H21F4N3O3. The van der Waals surface area contributed by atoms with Gasteiger partial charge in [-0.2, -0.15) is 0 Å². The van der Waals surface area contributed by atoms with E-state index in [1.807, 2.05) is 0 Å². The molecule has 1 atom stereocenters. The van der Waals surface area contributed by atoms with Crippen molar-refractivity contribution in [3.8, 4) is 11.5 Å². The van der Waals surface area contributed by atoms with Crippen molar-refractivity contribution in [2.75, 3.05) is 19.7 Å². The monoisotopic (exact) mass is 439 g/mol. The van der Waals surface area contributed by atoms with E-state index in [0.717, 1.165) is 31.4 Å². The van der Waals surface area contributed by atoms with Crippen molar-refractivity contribution in [2.24, 2.45) is 0 Å². The van der Waals surface area contributed by atoms with E-state index in [4.69, 9.17) is 4.74 Å². The highest BCUT2D eigenvalue weighted by Crippen LogP contribution is 2.42. The summed E-state index contributed by atoms with van der Waals surface area (Å²) in [4.78, 5) is 19.1. The average molecular weight is 439 g/mol. The van der Waals surface area contributed by atoms with Gasteiger partial charge in [-0.05, 0) is 49.1 Å². The highest BCUT2D eigenvalue weighted by molar-refractivity contribution is 5.76. The minimum absolute atomic E-state index is 0.210. The molecule has 0 spiro atoms. The molecule has 0 saturated carbocycles. The first-order valence-corrected chi connectivity index (χ1v) is 10.00. The Kier molecular flexibility index (Phi) is 5.63. The lowest BCUT2D eigenvalue weighted by molar-refractivity contribution is -0.275. The fourth-order valence-electron chi connectivity index (χ4n) is 4.07. The van der Waals surface area contributed by atoms with Crippen LogP contribution in [0.1, 0.15) is 36.9 Å². The summed E-state index contributed by atoms with van der Waals surface area (Å²) in [5.74, 6) is -1.71. The third-order valence-electron chi connectivity index (χ3n) is 5.52. The van der Waals surface area contributed by atoms with E-state index in [9.17, 15) is 22.4 Å². The number of carbonyl (C=O) groups is 1. The van der Waals surface area contributed by atoms with Gasteiger partial charge in [0, 0.05) is 25.7 Å². The molecule has 166 valence electrons. The third kappa shape index (κ3) is 4.38. The Morgan fingerprint density at radius 3 is 2.68 bits per heavy atom. The fourth-order valence-corrected chi connectivity index (χ4v) is 4.07. The number of ether oxygens (including phenoxy) is 2. The fraction of sp³-hybridized carbons (Fsp3) is 0.429. The number of rotatable bonds is 3. The van der Waals surface area contributed by atoms with Gasteiger partial charge in [0.15, 0.2) is 11.6 Å². The normalized spacial score (nSPS) is 21.1. The summed E-state index contributed by atoms with van der Waals surface area (Å²) in [6, 6.07) is 6.18. The number of pyridine rings is 1. The van der Waals surface area contributed by atoms with E-state index in [1.54, 1.807) is 17.0 Å². The van der Waals surface area contributed by atoms with Gasteiger partial charge in [0.1, 0.15) is 17.0 Å². The van der Waals surface area contributed by atoms with Crippen molar-refractivity contribution >= 4 is 6.03 Å². The second kappa shape index (κ2) is 8.24. The minimum Gasteiger partial charge on any atom is -0.491 e. The van der Waals surface area contributed by atoms with Crippen LogP contribution in [0.3, 0.4) is 0 Å². The number of piperidine rings is 1. The van der Waals surface area contributed by atoms with E-state index < -0.39 is 23.5 Å². The number of fused-ring (bicyclic) bond motifs is 1. The number of carbonyl (C=O) groups excluding carboxylic acids is 1. The van der Waals surface area contributed by atoms with Crippen molar-refractivity contribution in [3.05, 3.63) is 53.6 Å². The molecule has 2 amide bonds. The van der Waals surface area contributed by atoms with Crippen LogP contribution in [-0.4, -0.2) is 42.0 Å². The number of aromatic nitrogens is 1. The number of nitrogens with zero attached hydrogens (tertiary/aromatic N) is 2. The third-order valence-corrected chi connectivity index (χ3v) is 5.52. The lowest BCUT2D eigenvalue weighted by Gasteiger charge is -2.40. The van der Waals surface area contributed by atoms with E-state index in [0.29, 0.717) is 24.5 Å². The Balaban J connectivity index is 1.75. The van der Waals surface area contributed by atoms with Crippen LogP contribution in [0, 0.1) is 5.82 Å². The Labute approximate surface area is 176 Å². The first kappa shape index (κ1) is 21.2. The number of benzene rings is 1. The molecule has 0 bridgehead atoms. The quantitative estimate of drug-likeness (QED) is 0.723. The summed E-state index contributed by atoms with van der Waals surface area (Å²) in [5.41, 5.74) is -0.635. The van der Waals surface area contributed by atoms with E-state index in [-0.39, 0.29) is 24.6 Å². The van der Waals surface area contributed by atoms with Crippen molar-refractivity contribution in [2.45, 2.75) is 37.6 Å². The van der Waals surface area contributed by atoms with Crippen LogP contribution in [0.15, 0.2) is 36.5 Å². The van der Waals surface area contributed by atoms with E-state index in [2.05, 4.69) is 15.0 Å². The summed E-state index contributed by atoms with van der Waals surface area (Å²) < 4.78 is 61.6. The molecular weight excluding hydrogens is 418 g/mol. The Morgan fingerprint density at radius 2 is 1.97 bits per heavy atom. The number of hydrogen-bond donors (Lipinski definition) is 1. The molecule has 2 aromatic rings. The molecule has 1 N–H and O–H groups in total. The van der Waals surface area contributed by atoms with Gasteiger partial charge in [0.2, 0.25) is 0 Å². The molecule has 1 fully saturated rings. The van der Waals surface area contributed by atoms with Crippen LogP contribution in [-0.2, 0) is 5.54 Å². The number of likely N-dealkylation sites (tertiary alicyclic amines) is 1. The van der Waals surface area contributed by atoms with Crippen LogP contribution in [0.2, 0.25) is 0 Å². The van der Waals surface area contributed by atoms with Gasteiger partial charge < -0.3 is 19.7 Å². The predicted octanol–water partition coefficient (Wildman–Crippen LogP) is 4.34. The van der Waals surface area contributed by atoms with Crippen LogP contribution >= 0.6 is 0 Å². The average Bonchev–Trinajstić information content (AvgIpc) is 2.75. The van der Waals surface area contributed by atoms with Gasteiger partial charge in [-0.15, -0.1) is 13.2 Å². The second-order valence-corrected chi connectivity index (χ2v) is 7.52. The molecule has 2 aliphatic heterocycles. The number of nitrogens with one attached hydrogen (secondary N) is 1. The highest BCUT2D eigenvalue weighted by Gasteiger charge is 2.44. The zero-order valence-corrected chi connectivity index (χ0v) is 16.5. The molecule has 3 heterocycles. The first-order chi connectivity index (χ1) is 14.8. The van der Waals surface area contributed by atoms with E-state index >= 15 is 0 Å². The van der Waals surface area contributed by atoms with Gasteiger partial charge in [0.25, 0.3) is 0 Å². The lowest BCUT2D eigenvalue weighted by atomic mass is 9.81. The Morgan fingerprint density at radius 1 is 1.19 bits per heavy atom. The number of alkyl halides is 3. The molecule has 6 nitrogen and oxygen atoms in total. The second-order valence-electron chi connectivity index (χ2n) is 7.52. The van der Waals surface area contributed by atoms with Gasteiger partial charge in [-0.25, -0.2) is 9.18 Å². The van der Waals surface area contributed by atoms with Crippen molar-refractivity contribution < 1.29 is 31.8 Å². The van der Waals surface area contributed by atoms with E-state index in [1.165, 1.54) is 12.3 Å². The molecule has 1 saturated heterocycles. The molecule has 0 unspecified atom stereocenters. The molecule has 1 aromatic heterocycles. The number of urea groups is 1. The van der Waals surface area contributed by atoms with Crippen LogP contribution in [0.5, 0.6) is 11.5 Å². The minimum atomic E-state index is -5.02. The predicted molar refractivity (Wildman–Crippen MR) is 102 cm³/mol. The summed E-state index contributed by atoms with van der Waals surface area (Å²) in [6.45, 7) is 1.40. The summed E-state index contributed by atoms with van der Waals surface area (Å²) in [7, 11) is 0. The molecule has 10 heteroatoms. The summed E-state index contributed by atoms with van der Waals surface area (Å²) >= 11 is 0. The number of amides is 2. The SMILES string of the molecule is O=C(N[C@]1(c2ccc(OC(F)(F)F)c(F)c2)CCOc2cccnc21)N1CCCCC1. The molecule has 1 aromatic carbocycles. The van der Waals surface area contributed by atoms with Crippen LogP contribution in [0.4, 0.5) is 22.4 Å². The zero-order chi connectivity index (χ0) is 22.1. The maximum Gasteiger partial charge on any atom is 0.573 e. The summed E-state index contributed by atoms with van der Waals surface area (Å²) in [5, 5.41) is 2.98. The maximum absolute atomic E-state index is 14.6. The van der Waals surface area contributed by atoms with Crippen molar-refractivity contribution in [1.82, 2.24) is 15.2 Å². The first-order valence-electron chi connectivity index (χ1n) is 10.00. The molecule has 2 aliphatic rings. The molecule has 0 radical (unpaired) electrons. The zero-order valence-electron chi connectivity index (χ0n) is 16.5.